The molecule has 1 aliphatic carbocycles. The summed E-state index contributed by atoms with van der Waals surface area (Å²) in [7, 11) is 1.70. The highest BCUT2D eigenvalue weighted by atomic mass is 35.5. The number of fused-ring (bicyclic) bond motifs is 1. The van der Waals surface area contributed by atoms with Gasteiger partial charge < -0.3 is 15.0 Å². The molecule has 1 fully saturated rings. The summed E-state index contributed by atoms with van der Waals surface area (Å²) in [5, 5.41) is 4.87. The molecule has 1 aliphatic heterocycles. The summed E-state index contributed by atoms with van der Waals surface area (Å²) in [4.78, 5) is 6.43. The average Bonchev–Trinajstić information content (AvgIpc) is 3.19. The number of nitrogens with zero attached hydrogens (tertiary/aromatic N) is 2. The van der Waals surface area contributed by atoms with E-state index in [1.54, 1.807) is 19.5 Å². The van der Waals surface area contributed by atoms with Gasteiger partial charge in [0.1, 0.15) is 17.6 Å². The van der Waals surface area contributed by atoms with Gasteiger partial charge in [-0.25, -0.2) is 0 Å². The van der Waals surface area contributed by atoms with Gasteiger partial charge in [0.05, 0.1) is 28.5 Å². The maximum Gasteiger partial charge on any atom is 0.144 e. The molecule has 4 nitrogen and oxygen atoms in total. The number of methoxy groups -OCH3 is 1. The number of rotatable bonds is 5. The van der Waals surface area contributed by atoms with Crippen LogP contribution < -0.4 is 15.0 Å². The third-order valence-electron chi connectivity index (χ3n) is 6.79. The van der Waals surface area contributed by atoms with Crippen molar-refractivity contribution in [1.82, 2.24) is 4.98 Å². The Balaban J connectivity index is 1.70. The van der Waals surface area contributed by atoms with Gasteiger partial charge in [0.2, 0.25) is 0 Å². The highest BCUT2D eigenvalue weighted by Gasteiger charge is 2.43. The van der Waals surface area contributed by atoms with Crippen LogP contribution in [0.15, 0.2) is 60.9 Å². The van der Waals surface area contributed by atoms with Gasteiger partial charge in [-0.1, -0.05) is 78.9 Å². The standard InChI is InChI=1S/C26H27Cl2N3O/c1-32-22-14-8-13-21-25(22)31(24-19(27)15-29-16-20(24)28)26(30-21)23(17-9-4-2-5-10-17)18-11-6-3-7-12-18/h2,4-5,8-10,13-16,18,23,26,30H,3,6-7,11-12H2,1H3/t23?,26-/m0/s1. The van der Waals surface area contributed by atoms with E-state index in [-0.39, 0.29) is 12.1 Å². The predicted molar refractivity (Wildman–Crippen MR) is 133 cm³/mol. The van der Waals surface area contributed by atoms with E-state index in [0.717, 1.165) is 22.8 Å². The number of hydrogen-bond acceptors (Lipinski definition) is 4. The van der Waals surface area contributed by atoms with Gasteiger partial charge in [-0.05, 0) is 36.5 Å². The molecule has 0 spiro atoms. The molecule has 32 heavy (non-hydrogen) atoms. The Morgan fingerprint density at radius 3 is 2.34 bits per heavy atom. The summed E-state index contributed by atoms with van der Waals surface area (Å²) in [6.45, 7) is 0. The first-order valence-electron chi connectivity index (χ1n) is 11.3. The van der Waals surface area contributed by atoms with Crippen LogP contribution in [0.4, 0.5) is 17.1 Å². The minimum atomic E-state index is -0.0517. The third-order valence-corrected chi connectivity index (χ3v) is 7.35. The number of halogens is 2. The second-order valence-corrected chi connectivity index (χ2v) is 9.42. The van der Waals surface area contributed by atoms with Crippen molar-refractivity contribution in [2.24, 2.45) is 5.92 Å². The largest absolute Gasteiger partial charge is 0.494 e. The first-order chi connectivity index (χ1) is 15.7. The SMILES string of the molecule is COc1cccc2c1N(c1c(Cl)cncc1Cl)[C@@H](C(c1ccccc1)C1CCCCC1)N2. The van der Waals surface area contributed by atoms with Crippen LogP contribution in [0.1, 0.15) is 43.6 Å². The molecule has 1 unspecified atom stereocenters. The molecule has 1 N–H and O–H groups in total. The first kappa shape index (κ1) is 21.4. The fourth-order valence-electron chi connectivity index (χ4n) is 5.43. The smallest absolute Gasteiger partial charge is 0.144 e. The van der Waals surface area contributed by atoms with Gasteiger partial charge in [0.15, 0.2) is 0 Å². The number of anilines is 3. The van der Waals surface area contributed by atoms with Crippen molar-refractivity contribution in [2.45, 2.75) is 44.2 Å². The Morgan fingerprint density at radius 1 is 0.938 bits per heavy atom. The Bertz CT molecular complexity index is 1070. The minimum Gasteiger partial charge on any atom is -0.494 e. The summed E-state index contributed by atoms with van der Waals surface area (Å²) in [6, 6.07) is 16.9. The zero-order valence-electron chi connectivity index (χ0n) is 18.1. The summed E-state index contributed by atoms with van der Waals surface area (Å²) in [5.74, 6) is 1.61. The van der Waals surface area contributed by atoms with Crippen molar-refractivity contribution < 1.29 is 4.74 Å². The summed E-state index contributed by atoms with van der Waals surface area (Å²) in [6.07, 6.45) is 9.56. The lowest BCUT2D eigenvalue weighted by Gasteiger charge is -2.40. The van der Waals surface area contributed by atoms with E-state index >= 15 is 0 Å². The second kappa shape index (κ2) is 9.21. The van der Waals surface area contributed by atoms with Crippen LogP contribution in [-0.2, 0) is 0 Å². The maximum absolute atomic E-state index is 6.72. The molecule has 2 heterocycles. The van der Waals surface area contributed by atoms with E-state index < -0.39 is 0 Å². The maximum atomic E-state index is 6.72. The minimum absolute atomic E-state index is 0.0517. The van der Waals surface area contributed by atoms with Gasteiger partial charge >= 0.3 is 0 Å². The van der Waals surface area contributed by atoms with Crippen LogP contribution in [0.5, 0.6) is 5.75 Å². The topological polar surface area (TPSA) is 37.4 Å². The molecule has 6 heteroatoms. The molecule has 1 saturated carbocycles. The Kier molecular flexibility index (Phi) is 6.16. The van der Waals surface area contributed by atoms with Crippen LogP contribution in [0.25, 0.3) is 0 Å². The number of ether oxygens (including phenoxy) is 1. The van der Waals surface area contributed by atoms with Crippen LogP contribution in [0.3, 0.4) is 0 Å². The summed E-state index contributed by atoms with van der Waals surface area (Å²) < 4.78 is 5.78. The quantitative estimate of drug-likeness (QED) is 0.417. The lowest BCUT2D eigenvalue weighted by atomic mass is 9.75. The van der Waals surface area contributed by atoms with Crippen molar-refractivity contribution in [2.75, 3.05) is 17.3 Å². The molecule has 3 aromatic rings. The van der Waals surface area contributed by atoms with Crippen molar-refractivity contribution in [3.63, 3.8) is 0 Å². The first-order valence-corrected chi connectivity index (χ1v) is 12.0. The molecule has 0 amide bonds. The van der Waals surface area contributed by atoms with Crippen LogP contribution in [0, 0.1) is 5.92 Å². The molecule has 1 aromatic heterocycles. The number of nitrogens with one attached hydrogen (secondary N) is 1. The summed E-state index contributed by atoms with van der Waals surface area (Å²) in [5.41, 5.74) is 4.08. The zero-order chi connectivity index (χ0) is 22.1. The molecule has 0 bridgehead atoms. The van der Waals surface area contributed by atoms with Crippen LogP contribution in [0.2, 0.25) is 10.0 Å². The number of hydrogen-bond donors (Lipinski definition) is 1. The highest BCUT2D eigenvalue weighted by Crippen LogP contribution is 2.54. The van der Waals surface area contributed by atoms with E-state index in [2.05, 4.69) is 51.6 Å². The van der Waals surface area contributed by atoms with E-state index in [9.17, 15) is 0 Å². The predicted octanol–water partition coefficient (Wildman–Crippen LogP) is 7.65. The third kappa shape index (κ3) is 3.80. The molecule has 2 atom stereocenters. The van der Waals surface area contributed by atoms with E-state index in [1.165, 1.54) is 37.7 Å². The number of para-hydroxylation sites is 1. The summed E-state index contributed by atoms with van der Waals surface area (Å²) >= 11 is 13.4. The number of benzene rings is 2. The van der Waals surface area contributed by atoms with Gasteiger partial charge in [-0.2, -0.15) is 0 Å². The van der Waals surface area contributed by atoms with Gasteiger partial charge in [-0.3, -0.25) is 4.98 Å². The van der Waals surface area contributed by atoms with Crippen molar-refractivity contribution >= 4 is 40.3 Å². The second-order valence-electron chi connectivity index (χ2n) is 8.60. The fourth-order valence-corrected chi connectivity index (χ4v) is 5.98. The molecule has 2 aromatic carbocycles. The normalized spacial score (nSPS) is 19.3. The van der Waals surface area contributed by atoms with Crippen LogP contribution >= 0.6 is 23.2 Å². The molecular weight excluding hydrogens is 441 g/mol. The zero-order valence-corrected chi connectivity index (χ0v) is 19.6. The molecule has 0 radical (unpaired) electrons. The van der Waals surface area contributed by atoms with Crippen LogP contribution in [-0.4, -0.2) is 18.3 Å². The molecule has 2 aliphatic rings. The fraction of sp³-hybridized carbons (Fsp3) is 0.346. The molecule has 5 rings (SSSR count). The van der Waals surface area contributed by atoms with Crippen molar-refractivity contribution in [1.29, 1.82) is 0 Å². The molecule has 0 saturated heterocycles. The van der Waals surface area contributed by atoms with E-state index in [0.29, 0.717) is 16.0 Å². The Morgan fingerprint density at radius 2 is 1.66 bits per heavy atom. The molecular formula is C26H27Cl2N3O. The van der Waals surface area contributed by atoms with E-state index in [1.807, 2.05) is 12.1 Å². The number of aromatic nitrogens is 1. The highest BCUT2D eigenvalue weighted by molar-refractivity contribution is 6.39. The van der Waals surface area contributed by atoms with Gasteiger partial charge in [-0.15, -0.1) is 0 Å². The van der Waals surface area contributed by atoms with Gasteiger partial charge in [0.25, 0.3) is 0 Å². The number of pyridine rings is 1. The monoisotopic (exact) mass is 467 g/mol. The van der Waals surface area contributed by atoms with E-state index in [4.69, 9.17) is 27.9 Å². The average molecular weight is 468 g/mol. The van der Waals surface area contributed by atoms with Gasteiger partial charge in [0, 0.05) is 18.3 Å². The lowest BCUT2D eigenvalue weighted by Crippen LogP contribution is -2.41. The van der Waals surface area contributed by atoms with Crippen molar-refractivity contribution in [3.8, 4) is 5.75 Å². The Labute approximate surface area is 199 Å². The molecule has 166 valence electrons. The lowest BCUT2D eigenvalue weighted by molar-refractivity contribution is 0.286. The Hall–Kier alpha value is -2.43. The van der Waals surface area contributed by atoms with Crippen molar-refractivity contribution in [3.05, 3.63) is 76.5 Å².